The Labute approximate surface area is 130 Å². The first-order chi connectivity index (χ1) is 9.38. The summed E-state index contributed by atoms with van der Waals surface area (Å²) in [6.07, 6.45) is 3.53. The fourth-order valence-electron chi connectivity index (χ4n) is 3.21. The first-order valence-corrected chi connectivity index (χ1v) is 9.53. The van der Waals surface area contributed by atoms with Gasteiger partial charge in [0.15, 0.2) is 0 Å². The van der Waals surface area contributed by atoms with E-state index in [2.05, 4.69) is 21.2 Å². The second-order valence-electron chi connectivity index (χ2n) is 5.36. The van der Waals surface area contributed by atoms with Crippen molar-refractivity contribution in [3.8, 4) is 0 Å². The van der Waals surface area contributed by atoms with Crippen LogP contribution in [0.25, 0.3) is 0 Å². The molecule has 2 aliphatic rings. The molecule has 0 heterocycles. The van der Waals surface area contributed by atoms with E-state index in [0.717, 1.165) is 12.8 Å². The average Bonchev–Trinajstić information content (AvgIpc) is 2.82. The van der Waals surface area contributed by atoms with Crippen molar-refractivity contribution in [2.24, 2.45) is 17.8 Å². The highest BCUT2D eigenvalue weighted by atomic mass is 79.9. The number of halogens is 2. The van der Waals surface area contributed by atoms with Crippen molar-refractivity contribution in [3.63, 3.8) is 0 Å². The van der Waals surface area contributed by atoms with Gasteiger partial charge in [0.1, 0.15) is 0 Å². The Morgan fingerprint density at radius 2 is 1.95 bits per heavy atom. The van der Waals surface area contributed by atoms with Gasteiger partial charge in [0.2, 0.25) is 5.91 Å². The molecule has 2 saturated carbocycles. The maximum atomic E-state index is 12.1. The highest BCUT2D eigenvalue weighted by molar-refractivity contribution is 9.10. The molecule has 1 aromatic rings. The third kappa shape index (κ3) is 2.61. The van der Waals surface area contributed by atoms with Crippen molar-refractivity contribution in [1.82, 2.24) is 0 Å². The molecule has 7 heteroatoms. The SMILES string of the molecule is O=C(Nc1ccc(S(=O)(=O)Cl)c(Br)c1)C1C2CCCC21. The lowest BCUT2D eigenvalue weighted by Crippen LogP contribution is -2.16. The molecule has 2 fully saturated rings. The number of carbonyl (C=O) groups excluding carboxylic acids is 1. The van der Waals surface area contributed by atoms with Crippen LogP contribution in [0.15, 0.2) is 27.6 Å². The number of nitrogens with one attached hydrogen (secondary N) is 1. The third-order valence-electron chi connectivity index (χ3n) is 4.17. The Hall–Kier alpha value is -0.590. The Morgan fingerprint density at radius 1 is 1.30 bits per heavy atom. The van der Waals surface area contributed by atoms with Crippen LogP contribution in [0.3, 0.4) is 0 Å². The Bertz CT molecular complexity index is 666. The van der Waals surface area contributed by atoms with E-state index in [9.17, 15) is 13.2 Å². The highest BCUT2D eigenvalue weighted by Gasteiger charge is 2.56. The van der Waals surface area contributed by atoms with Crippen LogP contribution in [0.1, 0.15) is 19.3 Å². The third-order valence-corrected chi connectivity index (χ3v) is 6.47. The first-order valence-electron chi connectivity index (χ1n) is 6.43. The number of carbonyl (C=O) groups is 1. The molecular formula is C13H13BrClNO3S. The summed E-state index contributed by atoms with van der Waals surface area (Å²) in [7, 11) is 1.52. The van der Waals surface area contributed by atoms with Crippen molar-refractivity contribution in [3.05, 3.63) is 22.7 Å². The standard InChI is InChI=1S/C13H13BrClNO3S/c14-10-6-7(4-5-11(10)20(15,18)19)16-13(17)12-8-2-1-3-9(8)12/h4-6,8-9,12H,1-3H2,(H,16,17). The summed E-state index contributed by atoms with van der Waals surface area (Å²) in [5, 5.41) is 2.85. The number of fused-ring (bicyclic) bond motifs is 1. The van der Waals surface area contributed by atoms with E-state index in [1.165, 1.54) is 12.5 Å². The molecule has 3 rings (SSSR count). The van der Waals surface area contributed by atoms with Gasteiger partial charge in [-0.15, -0.1) is 0 Å². The molecular weight excluding hydrogens is 366 g/mol. The fourth-order valence-corrected chi connectivity index (χ4v) is 5.44. The van der Waals surface area contributed by atoms with Gasteiger partial charge in [0, 0.05) is 26.8 Å². The van der Waals surface area contributed by atoms with Crippen LogP contribution in [0.5, 0.6) is 0 Å². The van der Waals surface area contributed by atoms with Gasteiger partial charge in [-0.2, -0.15) is 0 Å². The molecule has 108 valence electrons. The van der Waals surface area contributed by atoms with Crippen molar-refractivity contribution in [2.45, 2.75) is 24.2 Å². The van der Waals surface area contributed by atoms with E-state index in [0.29, 0.717) is 22.0 Å². The summed E-state index contributed by atoms with van der Waals surface area (Å²) in [4.78, 5) is 12.1. The van der Waals surface area contributed by atoms with Crippen LogP contribution >= 0.6 is 26.6 Å². The van der Waals surface area contributed by atoms with Gasteiger partial charge in [-0.1, -0.05) is 6.42 Å². The van der Waals surface area contributed by atoms with Gasteiger partial charge < -0.3 is 5.32 Å². The molecule has 0 spiro atoms. The van der Waals surface area contributed by atoms with Crippen molar-refractivity contribution in [1.29, 1.82) is 0 Å². The molecule has 0 aromatic heterocycles. The van der Waals surface area contributed by atoms with Crippen LogP contribution < -0.4 is 5.32 Å². The summed E-state index contributed by atoms with van der Waals surface area (Å²) in [5.74, 6) is 1.29. The predicted molar refractivity (Wildman–Crippen MR) is 80.1 cm³/mol. The van der Waals surface area contributed by atoms with Crippen LogP contribution in [0, 0.1) is 17.8 Å². The van der Waals surface area contributed by atoms with Crippen LogP contribution in [-0.4, -0.2) is 14.3 Å². The van der Waals surface area contributed by atoms with E-state index >= 15 is 0 Å². The van der Waals surface area contributed by atoms with Crippen molar-refractivity contribution in [2.75, 3.05) is 5.32 Å². The van der Waals surface area contributed by atoms with E-state index < -0.39 is 9.05 Å². The minimum Gasteiger partial charge on any atom is -0.326 e. The second kappa shape index (κ2) is 5.00. The van der Waals surface area contributed by atoms with Crippen molar-refractivity contribution >= 4 is 47.3 Å². The molecule has 2 unspecified atom stereocenters. The zero-order valence-electron chi connectivity index (χ0n) is 10.5. The second-order valence-corrected chi connectivity index (χ2v) is 8.75. The predicted octanol–water partition coefficient (Wildman–Crippen LogP) is 3.36. The highest BCUT2D eigenvalue weighted by Crippen LogP contribution is 2.57. The van der Waals surface area contributed by atoms with E-state index in [4.69, 9.17) is 10.7 Å². The molecule has 4 nitrogen and oxygen atoms in total. The number of hydrogen-bond acceptors (Lipinski definition) is 3. The number of rotatable bonds is 3. The van der Waals surface area contributed by atoms with Crippen LogP contribution in [0.2, 0.25) is 0 Å². The lowest BCUT2D eigenvalue weighted by Gasteiger charge is -2.08. The minimum atomic E-state index is -3.78. The van der Waals surface area contributed by atoms with Crippen LogP contribution in [0.4, 0.5) is 5.69 Å². The van der Waals surface area contributed by atoms with Gasteiger partial charge in [-0.3, -0.25) is 4.79 Å². The molecule has 2 atom stereocenters. The summed E-state index contributed by atoms with van der Waals surface area (Å²) >= 11 is 3.16. The summed E-state index contributed by atoms with van der Waals surface area (Å²) in [5.41, 5.74) is 0.580. The van der Waals surface area contributed by atoms with Gasteiger partial charge in [-0.05, 0) is 58.8 Å². The largest absolute Gasteiger partial charge is 0.326 e. The molecule has 20 heavy (non-hydrogen) atoms. The lowest BCUT2D eigenvalue weighted by molar-refractivity contribution is -0.118. The molecule has 1 aromatic carbocycles. The van der Waals surface area contributed by atoms with Gasteiger partial charge in [-0.25, -0.2) is 8.42 Å². The summed E-state index contributed by atoms with van der Waals surface area (Å²) < 4.78 is 22.9. The van der Waals surface area contributed by atoms with E-state index in [1.807, 2.05) is 0 Å². The Morgan fingerprint density at radius 3 is 2.50 bits per heavy atom. The average molecular weight is 379 g/mol. The van der Waals surface area contributed by atoms with E-state index in [-0.39, 0.29) is 16.7 Å². The molecule has 0 radical (unpaired) electrons. The quantitative estimate of drug-likeness (QED) is 0.820. The Kier molecular flexibility index (Phi) is 3.59. The number of benzene rings is 1. The smallest absolute Gasteiger partial charge is 0.262 e. The maximum Gasteiger partial charge on any atom is 0.262 e. The summed E-state index contributed by atoms with van der Waals surface area (Å²) in [6.45, 7) is 0. The molecule has 0 aliphatic heterocycles. The molecule has 0 bridgehead atoms. The number of anilines is 1. The Balaban J connectivity index is 1.72. The van der Waals surface area contributed by atoms with E-state index in [1.54, 1.807) is 12.1 Å². The monoisotopic (exact) mass is 377 g/mol. The topological polar surface area (TPSA) is 63.2 Å². The van der Waals surface area contributed by atoms with Gasteiger partial charge in [0.05, 0.1) is 4.90 Å². The normalized spacial score (nSPS) is 28.0. The molecule has 0 saturated heterocycles. The zero-order valence-corrected chi connectivity index (χ0v) is 13.6. The number of hydrogen-bond donors (Lipinski definition) is 1. The van der Waals surface area contributed by atoms with Gasteiger partial charge >= 0.3 is 0 Å². The van der Waals surface area contributed by atoms with Gasteiger partial charge in [0.25, 0.3) is 9.05 Å². The summed E-state index contributed by atoms with van der Waals surface area (Å²) in [6, 6.07) is 4.50. The lowest BCUT2D eigenvalue weighted by atomic mass is 10.1. The number of amides is 1. The van der Waals surface area contributed by atoms with Crippen molar-refractivity contribution < 1.29 is 13.2 Å². The molecule has 1 amide bonds. The minimum absolute atomic E-state index is 0.000423. The maximum absolute atomic E-state index is 12.1. The fraction of sp³-hybridized carbons (Fsp3) is 0.462. The molecule has 2 aliphatic carbocycles. The molecule has 1 N–H and O–H groups in total. The van der Waals surface area contributed by atoms with Crippen LogP contribution in [-0.2, 0) is 13.8 Å². The zero-order chi connectivity index (χ0) is 14.5. The first kappa shape index (κ1) is 14.4.